The van der Waals surface area contributed by atoms with Gasteiger partial charge in [-0.05, 0) is 50.7 Å². The third kappa shape index (κ3) is 4.40. The van der Waals surface area contributed by atoms with Crippen LogP contribution in [-0.4, -0.2) is 27.3 Å². The highest BCUT2D eigenvalue weighted by Crippen LogP contribution is 2.33. The van der Waals surface area contributed by atoms with Crippen LogP contribution >= 0.6 is 0 Å². The molecule has 0 saturated heterocycles. The van der Waals surface area contributed by atoms with Crippen LogP contribution in [0.2, 0.25) is 0 Å². The zero-order chi connectivity index (χ0) is 20.9. The zero-order valence-electron chi connectivity index (χ0n) is 17.7. The number of fused-ring (bicyclic) bond motifs is 1. The standard InChI is InChI=1S/C25H29N3O2/c1-3-30-25-16-24-21(17-28(26-24)22-13-11-18(2)12-14-22)15-20(25)9-6-8-19-7-4-5-10-23(19)27-29/h4-10,15-18,22,29H,3,11-14H2,1-2H3/b9-6+,19-8-,27-23+. The van der Waals surface area contributed by atoms with Crippen molar-refractivity contribution < 1.29 is 9.94 Å². The fourth-order valence-electron chi connectivity index (χ4n) is 4.17. The van der Waals surface area contributed by atoms with Crippen LogP contribution in [0.1, 0.15) is 51.1 Å². The quantitative estimate of drug-likeness (QED) is 0.486. The summed E-state index contributed by atoms with van der Waals surface area (Å²) in [5, 5.41) is 18.5. The van der Waals surface area contributed by atoms with Crippen LogP contribution in [0.15, 0.2) is 65.5 Å². The van der Waals surface area contributed by atoms with E-state index in [-0.39, 0.29) is 0 Å². The topological polar surface area (TPSA) is 59.6 Å². The fourth-order valence-corrected chi connectivity index (χ4v) is 4.17. The number of benzene rings is 1. The predicted octanol–water partition coefficient (Wildman–Crippen LogP) is 6.08. The summed E-state index contributed by atoms with van der Waals surface area (Å²) in [5.41, 5.74) is 3.39. The number of ether oxygens (including phenoxy) is 1. The third-order valence-corrected chi connectivity index (χ3v) is 5.91. The van der Waals surface area contributed by atoms with E-state index in [1.807, 2.05) is 49.4 Å². The molecule has 156 valence electrons. The van der Waals surface area contributed by atoms with E-state index in [1.54, 1.807) is 6.08 Å². The van der Waals surface area contributed by atoms with Crippen molar-refractivity contribution in [1.29, 1.82) is 0 Å². The Morgan fingerprint density at radius 2 is 2.00 bits per heavy atom. The van der Waals surface area contributed by atoms with E-state index in [0.29, 0.717) is 18.4 Å². The Bertz CT molecular complexity index is 1050. The molecule has 1 aromatic heterocycles. The normalized spacial score (nSPS) is 24.5. The van der Waals surface area contributed by atoms with Crippen LogP contribution in [0, 0.1) is 5.92 Å². The minimum Gasteiger partial charge on any atom is -0.493 e. The molecule has 1 heterocycles. The highest BCUT2D eigenvalue weighted by molar-refractivity contribution is 6.11. The van der Waals surface area contributed by atoms with Gasteiger partial charge in [0.25, 0.3) is 0 Å². The molecule has 0 bridgehead atoms. The van der Waals surface area contributed by atoms with Crippen LogP contribution in [0.25, 0.3) is 17.0 Å². The lowest BCUT2D eigenvalue weighted by Gasteiger charge is -2.26. The van der Waals surface area contributed by atoms with E-state index < -0.39 is 0 Å². The first kappa shape index (κ1) is 20.2. The van der Waals surface area contributed by atoms with Gasteiger partial charge in [-0.1, -0.05) is 48.5 Å². The molecule has 0 radical (unpaired) electrons. The summed E-state index contributed by atoms with van der Waals surface area (Å²) in [6.45, 7) is 4.93. The zero-order valence-corrected chi connectivity index (χ0v) is 17.7. The number of rotatable bonds is 5. The number of aromatic nitrogens is 2. The van der Waals surface area contributed by atoms with Gasteiger partial charge in [0.15, 0.2) is 0 Å². The van der Waals surface area contributed by atoms with Gasteiger partial charge in [0.1, 0.15) is 11.5 Å². The molecule has 1 N–H and O–H groups in total. The molecule has 0 aliphatic heterocycles. The lowest BCUT2D eigenvalue weighted by Crippen LogP contribution is -2.16. The summed E-state index contributed by atoms with van der Waals surface area (Å²) < 4.78 is 8.05. The summed E-state index contributed by atoms with van der Waals surface area (Å²) in [7, 11) is 0. The van der Waals surface area contributed by atoms with E-state index in [2.05, 4.69) is 29.0 Å². The molecule has 1 saturated carbocycles. The minimum absolute atomic E-state index is 0.496. The summed E-state index contributed by atoms with van der Waals surface area (Å²) in [6.07, 6.45) is 20.5. The third-order valence-electron chi connectivity index (χ3n) is 5.91. The van der Waals surface area contributed by atoms with Crippen molar-refractivity contribution in [3.63, 3.8) is 0 Å². The van der Waals surface area contributed by atoms with Gasteiger partial charge in [-0.3, -0.25) is 4.68 Å². The van der Waals surface area contributed by atoms with Crippen molar-refractivity contribution in [3.8, 4) is 5.75 Å². The van der Waals surface area contributed by atoms with Crippen LogP contribution in [0.4, 0.5) is 0 Å². The van der Waals surface area contributed by atoms with Gasteiger partial charge in [-0.25, -0.2) is 0 Å². The van der Waals surface area contributed by atoms with Gasteiger partial charge in [0.05, 0.1) is 18.2 Å². The van der Waals surface area contributed by atoms with Crippen molar-refractivity contribution in [1.82, 2.24) is 9.78 Å². The Morgan fingerprint density at radius 3 is 2.77 bits per heavy atom. The summed E-state index contributed by atoms with van der Waals surface area (Å²) in [4.78, 5) is 0. The molecular formula is C25H29N3O2. The van der Waals surface area contributed by atoms with Crippen molar-refractivity contribution >= 4 is 22.7 Å². The molecule has 4 rings (SSSR count). The molecule has 30 heavy (non-hydrogen) atoms. The number of allylic oxidation sites excluding steroid dienone is 7. The van der Waals surface area contributed by atoms with Crippen LogP contribution < -0.4 is 4.74 Å². The molecule has 0 atom stereocenters. The Kier molecular flexibility index (Phi) is 6.17. The SMILES string of the molecule is CCOc1cc2nn(C3CCC(C)CC3)cc2cc1/C=C/C=C1/C=CC=C/C1=N\O. The molecule has 1 aromatic carbocycles. The van der Waals surface area contributed by atoms with Crippen molar-refractivity contribution in [2.24, 2.45) is 11.1 Å². The highest BCUT2D eigenvalue weighted by atomic mass is 16.5. The Morgan fingerprint density at radius 1 is 1.20 bits per heavy atom. The molecular weight excluding hydrogens is 374 g/mol. The molecule has 2 aromatic rings. The highest BCUT2D eigenvalue weighted by Gasteiger charge is 2.21. The predicted molar refractivity (Wildman–Crippen MR) is 122 cm³/mol. The number of oxime groups is 1. The Balaban J connectivity index is 1.62. The molecule has 1 fully saturated rings. The monoisotopic (exact) mass is 403 g/mol. The smallest absolute Gasteiger partial charge is 0.128 e. The molecule has 0 unspecified atom stereocenters. The molecule has 0 spiro atoms. The summed E-state index contributed by atoms with van der Waals surface area (Å²) >= 11 is 0. The largest absolute Gasteiger partial charge is 0.493 e. The summed E-state index contributed by atoms with van der Waals surface area (Å²) in [5.74, 6) is 1.66. The maximum atomic E-state index is 9.14. The number of hydrogen-bond donors (Lipinski definition) is 1. The molecule has 5 heteroatoms. The number of nitrogens with zero attached hydrogens (tertiary/aromatic N) is 3. The van der Waals surface area contributed by atoms with E-state index in [4.69, 9.17) is 15.0 Å². The van der Waals surface area contributed by atoms with Gasteiger partial charge in [0, 0.05) is 28.8 Å². The van der Waals surface area contributed by atoms with Crippen LogP contribution in [-0.2, 0) is 0 Å². The fraction of sp³-hybridized carbons (Fsp3) is 0.360. The average Bonchev–Trinajstić information content (AvgIpc) is 3.17. The van der Waals surface area contributed by atoms with Crippen molar-refractivity contribution in [3.05, 3.63) is 65.9 Å². The van der Waals surface area contributed by atoms with Gasteiger partial charge in [-0.15, -0.1) is 0 Å². The molecule has 2 aliphatic rings. The lowest BCUT2D eigenvalue weighted by atomic mass is 9.87. The second-order valence-corrected chi connectivity index (χ2v) is 8.09. The first-order valence-corrected chi connectivity index (χ1v) is 10.8. The van der Waals surface area contributed by atoms with E-state index in [1.165, 1.54) is 25.7 Å². The summed E-state index contributed by atoms with van der Waals surface area (Å²) in [6, 6.07) is 4.68. The van der Waals surface area contributed by atoms with Gasteiger partial charge >= 0.3 is 0 Å². The second kappa shape index (κ2) is 9.16. The van der Waals surface area contributed by atoms with Crippen LogP contribution in [0.5, 0.6) is 5.75 Å². The molecule has 2 aliphatic carbocycles. The van der Waals surface area contributed by atoms with E-state index in [9.17, 15) is 0 Å². The number of hydrogen-bond acceptors (Lipinski definition) is 4. The van der Waals surface area contributed by atoms with E-state index >= 15 is 0 Å². The Labute approximate surface area is 177 Å². The van der Waals surface area contributed by atoms with Crippen molar-refractivity contribution in [2.45, 2.75) is 45.6 Å². The van der Waals surface area contributed by atoms with Crippen molar-refractivity contribution in [2.75, 3.05) is 6.61 Å². The maximum Gasteiger partial charge on any atom is 0.128 e. The van der Waals surface area contributed by atoms with Gasteiger partial charge in [-0.2, -0.15) is 5.10 Å². The van der Waals surface area contributed by atoms with Crippen LogP contribution in [0.3, 0.4) is 0 Å². The lowest BCUT2D eigenvalue weighted by molar-refractivity contribution is 0.275. The first-order valence-electron chi connectivity index (χ1n) is 10.8. The van der Waals surface area contributed by atoms with Gasteiger partial charge < -0.3 is 9.94 Å². The molecule has 0 amide bonds. The maximum absolute atomic E-state index is 9.14. The minimum atomic E-state index is 0.496. The van der Waals surface area contributed by atoms with E-state index in [0.717, 1.165) is 33.7 Å². The molecule has 5 nitrogen and oxygen atoms in total. The van der Waals surface area contributed by atoms with Gasteiger partial charge in [0.2, 0.25) is 0 Å². The second-order valence-electron chi connectivity index (χ2n) is 8.09. The average molecular weight is 404 g/mol. The Hall–Kier alpha value is -3.08. The first-order chi connectivity index (χ1) is 14.7.